The Bertz CT molecular complexity index is 605. The summed E-state index contributed by atoms with van der Waals surface area (Å²) >= 11 is 0. The van der Waals surface area contributed by atoms with Crippen LogP contribution in [0.5, 0.6) is 0 Å². The topological polar surface area (TPSA) is 77.5 Å². The zero-order valence-electron chi connectivity index (χ0n) is 11.6. The summed E-state index contributed by atoms with van der Waals surface area (Å²) in [5, 5.41) is 2.70. The number of nitrogens with two attached hydrogens (primary N) is 1. The number of hydrogen-bond acceptors (Lipinski definition) is 4. The third kappa shape index (κ3) is 3.19. The first-order chi connectivity index (χ1) is 9.61. The van der Waals surface area contributed by atoms with Gasteiger partial charge in [-0.1, -0.05) is 12.1 Å². The lowest BCUT2D eigenvalue weighted by Gasteiger charge is -2.03. The van der Waals surface area contributed by atoms with E-state index in [2.05, 4.69) is 5.32 Å². The van der Waals surface area contributed by atoms with Crippen LogP contribution in [0.15, 0.2) is 34.7 Å². The number of furan rings is 1. The maximum Gasteiger partial charge on any atom is 0.287 e. The molecule has 0 atom stereocenters. The number of anilines is 1. The molecule has 0 spiro atoms. The molecule has 0 saturated carbocycles. The Morgan fingerprint density at radius 1 is 1.35 bits per heavy atom. The lowest BCUT2D eigenvalue weighted by molar-refractivity contribution is 0.0910. The summed E-state index contributed by atoms with van der Waals surface area (Å²) in [4.78, 5) is 11.8. The van der Waals surface area contributed by atoms with Crippen LogP contribution < -0.4 is 11.1 Å². The van der Waals surface area contributed by atoms with Gasteiger partial charge in [-0.2, -0.15) is 0 Å². The van der Waals surface area contributed by atoms with E-state index in [1.165, 1.54) is 0 Å². The van der Waals surface area contributed by atoms with Gasteiger partial charge in [0.2, 0.25) is 0 Å². The molecule has 0 aliphatic heterocycles. The molecule has 1 aromatic carbocycles. The molecule has 1 heterocycles. The zero-order chi connectivity index (χ0) is 14.5. The number of carbonyl (C=O) groups excluding carboxylic acids is 1. The van der Waals surface area contributed by atoms with Gasteiger partial charge in [-0.25, -0.2) is 0 Å². The summed E-state index contributed by atoms with van der Waals surface area (Å²) in [6.45, 7) is 2.85. The second-order valence-electron chi connectivity index (χ2n) is 4.48. The summed E-state index contributed by atoms with van der Waals surface area (Å²) in [5.74, 6) is 0.636. The number of amides is 1. The summed E-state index contributed by atoms with van der Waals surface area (Å²) in [6.07, 6.45) is 0. The van der Waals surface area contributed by atoms with Crippen LogP contribution in [0.2, 0.25) is 0 Å². The fourth-order valence-electron chi connectivity index (χ4n) is 1.76. The van der Waals surface area contributed by atoms with Gasteiger partial charge in [0.1, 0.15) is 5.76 Å². The fourth-order valence-corrected chi connectivity index (χ4v) is 1.76. The van der Waals surface area contributed by atoms with E-state index in [1.807, 2.05) is 25.1 Å². The summed E-state index contributed by atoms with van der Waals surface area (Å²) < 4.78 is 10.4. The molecule has 0 unspecified atom stereocenters. The van der Waals surface area contributed by atoms with Gasteiger partial charge in [-0.05, 0) is 30.7 Å². The molecule has 0 aliphatic carbocycles. The highest BCUT2D eigenvalue weighted by atomic mass is 16.5. The van der Waals surface area contributed by atoms with Crippen molar-refractivity contribution in [1.82, 2.24) is 5.32 Å². The van der Waals surface area contributed by atoms with E-state index in [0.717, 1.165) is 11.1 Å². The smallest absolute Gasteiger partial charge is 0.287 e. The van der Waals surface area contributed by atoms with E-state index < -0.39 is 0 Å². The van der Waals surface area contributed by atoms with Crippen LogP contribution in [0.1, 0.15) is 16.1 Å². The van der Waals surface area contributed by atoms with Crippen LogP contribution in [0.3, 0.4) is 0 Å². The van der Waals surface area contributed by atoms with Gasteiger partial charge < -0.3 is 20.2 Å². The van der Waals surface area contributed by atoms with E-state index in [4.69, 9.17) is 14.9 Å². The molecule has 2 rings (SSSR count). The molecular formula is C15H18N2O3. The molecule has 1 aromatic heterocycles. The molecule has 1 amide bonds. The number of nitrogens with one attached hydrogen (secondary N) is 1. The van der Waals surface area contributed by atoms with Crippen molar-refractivity contribution in [3.05, 3.63) is 41.7 Å². The fraction of sp³-hybridized carbons (Fsp3) is 0.267. The van der Waals surface area contributed by atoms with Crippen molar-refractivity contribution in [2.45, 2.75) is 6.92 Å². The molecule has 20 heavy (non-hydrogen) atoms. The van der Waals surface area contributed by atoms with E-state index in [-0.39, 0.29) is 11.7 Å². The van der Waals surface area contributed by atoms with E-state index in [9.17, 15) is 4.79 Å². The number of rotatable bonds is 5. The van der Waals surface area contributed by atoms with Gasteiger partial charge in [0.15, 0.2) is 5.76 Å². The first kappa shape index (κ1) is 14.1. The molecule has 0 bridgehead atoms. The minimum Gasteiger partial charge on any atom is -0.451 e. The van der Waals surface area contributed by atoms with Crippen molar-refractivity contribution in [3.8, 4) is 11.3 Å². The van der Waals surface area contributed by atoms with Crippen LogP contribution in [0.4, 0.5) is 5.69 Å². The first-order valence-corrected chi connectivity index (χ1v) is 6.35. The Balaban J connectivity index is 2.12. The van der Waals surface area contributed by atoms with Crippen LogP contribution in [0.25, 0.3) is 11.3 Å². The molecular weight excluding hydrogens is 256 g/mol. The van der Waals surface area contributed by atoms with Crippen molar-refractivity contribution < 1.29 is 13.9 Å². The van der Waals surface area contributed by atoms with E-state index >= 15 is 0 Å². The van der Waals surface area contributed by atoms with Gasteiger partial charge in [0.25, 0.3) is 5.91 Å². The Labute approximate surface area is 117 Å². The van der Waals surface area contributed by atoms with Gasteiger partial charge in [0, 0.05) is 24.9 Å². The molecule has 0 aliphatic rings. The summed E-state index contributed by atoms with van der Waals surface area (Å²) in [6, 6.07) is 9.08. The Morgan fingerprint density at radius 2 is 2.15 bits per heavy atom. The largest absolute Gasteiger partial charge is 0.451 e. The van der Waals surface area contributed by atoms with Gasteiger partial charge >= 0.3 is 0 Å². The van der Waals surface area contributed by atoms with E-state index in [0.29, 0.717) is 24.6 Å². The first-order valence-electron chi connectivity index (χ1n) is 6.35. The number of carbonyl (C=O) groups is 1. The third-order valence-electron chi connectivity index (χ3n) is 2.99. The average molecular weight is 274 g/mol. The molecule has 0 saturated heterocycles. The number of ether oxygens (including phenoxy) is 1. The highest BCUT2D eigenvalue weighted by Crippen LogP contribution is 2.25. The molecule has 5 heteroatoms. The van der Waals surface area contributed by atoms with Crippen molar-refractivity contribution >= 4 is 11.6 Å². The highest BCUT2D eigenvalue weighted by Gasteiger charge is 2.12. The number of methoxy groups -OCH3 is 1. The number of aryl methyl sites for hydroxylation is 1. The summed E-state index contributed by atoms with van der Waals surface area (Å²) in [5.41, 5.74) is 8.43. The van der Waals surface area contributed by atoms with Crippen LogP contribution in [-0.2, 0) is 4.74 Å². The number of benzene rings is 1. The van der Waals surface area contributed by atoms with Gasteiger partial charge in [-0.15, -0.1) is 0 Å². The third-order valence-corrected chi connectivity index (χ3v) is 2.99. The van der Waals surface area contributed by atoms with E-state index in [1.54, 1.807) is 19.2 Å². The molecule has 0 radical (unpaired) electrons. The van der Waals surface area contributed by atoms with Crippen LogP contribution in [0, 0.1) is 6.92 Å². The quantitative estimate of drug-likeness (QED) is 0.647. The van der Waals surface area contributed by atoms with Gasteiger partial charge in [-0.3, -0.25) is 4.79 Å². The summed E-state index contributed by atoms with van der Waals surface area (Å²) in [7, 11) is 1.58. The monoisotopic (exact) mass is 274 g/mol. The molecule has 0 fully saturated rings. The lowest BCUT2D eigenvalue weighted by Crippen LogP contribution is -2.26. The van der Waals surface area contributed by atoms with Crippen LogP contribution in [-0.4, -0.2) is 26.2 Å². The van der Waals surface area contributed by atoms with Crippen LogP contribution >= 0.6 is 0 Å². The Morgan fingerprint density at radius 3 is 2.85 bits per heavy atom. The average Bonchev–Trinajstić information content (AvgIpc) is 2.92. The Hall–Kier alpha value is -2.27. The van der Waals surface area contributed by atoms with Crippen molar-refractivity contribution in [3.63, 3.8) is 0 Å². The molecule has 106 valence electrons. The van der Waals surface area contributed by atoms with Crippen molar-refractivity contribution in [2.75, 3.05) is 26.0 Å². The SMILES string of the molecule is COCCNC(=O)c1ccc(-c2ccc(C)c(N)c2)o1. The predicted molar refractivity (Wildman–Crippen MR) is 77.5 cm³/mol. The number of hydrogen-bond donors (Lipinski definition) is 2. The van der Waals surface area contributed by atoms with Gasteiger partial charge in [0.05, 0.1) is 6.61 Å². The van der Waals surface area contributed by atoms with Crippen molar-refractivity contribution in [2.24, 2.45) is 0 Å². The minimum atomic E-state index is -0.256. The van der Waals surface area contributed by atoms with Crippen molar-refractivity contribution in [1.29, 1.82) is 0 Å². The second-order valence-corrected chi connectivity index (χ2v) is 4.48. The lowest BCUT2D eigenvalue weighted by atomic mass is 10.1. The standard InChI is InChI=1S/C15H18N2O3/c1-10-3-4-11(9-12(10)16)13-5-6-14(20-13)15(18)17-7-8-19-2/h3-6,9H,7-8,16H2,1-2H3,(H,17,18). The normalized spacial score (nSPS) is 10.5. The number of nitrogen functional groups attached to an aromatic ring is 1. The molecule has 5 nitrogen and oxygen atoms in total. The molecule has 3 N–H and O–H groups in total. The molecule has 2 aromatic rings. The Kier molecular flexibility index (Phi) is 4.42. The maximum atomic E-state index is 11.8. The second kappa shape index (κ2) is 6.25. The minimum absolute atomic E-state index is 0.256. The zero-order valence-corrected chi connectivity index (χ0v) is 11.6. The predicted octanol–water partition coefficient (Wildman–Crippen LogP) is 2.21. The highest BCUT2D eigenvalue weighted by molar-refractivity contribution is 5.92. The maximum absolute atomic E-state index is 11.8.